The molecule has 21 heavy (non-hydrogen) atoms. The maximum Gasteiger partial charge on any atom is 0.276 e. The van der Waals surface area contributed by atoms with Crippen molar-refractivity contribution in [3.05, 3.63) is 68.5 Å². The Morgan fingerprint density at radius 3 is 2.67 bits per heavy atom. The van der Waals surface area contributed by atoms with E-state index in [9.17, 15) is 14.5 Å². The zero-order valence-corrected chi connectivity index (χ0v) is 11.5. The zero-order chi connectivity index (χ0) is 15.4. The van der Waals surface area contributed by atoms with Crippen LogP contribution in [0.25, 0.3) is 0 Å². The lowest BCUT2D eigenvalue weighted by atomic mass is 10.2. The molecule has 0 unspecified atom stereocenters. The average molecular weight is 312 g/mol. The van der Waals surface area contributed by atoms with E-state index in [-0.39, 0.29) is 30.2 Å². The molecule has 0 bridgehead atoms. The Labute approximate surface area is 124 Å². The van der Waals surface area contributed by atoms with Crippen molar-refractivity contribution in [2.45, 2.75) is 13.2 Å². The first-order valence-corrected chi connectivity index (χ1v) is 6.34. The number of ether oxygens (including phenoxy) is 1. The Hall–Kier alpha value is -2.18. The second kappa shape index (κ2) is 6.51. The summed E-state index contributed by atoms with van der Waals surface area (Å²) in [6.07, 6.45) is 0. The van der Waals surface area contributed by atoms with Crippen LogP contribution in [0.3, 0.4) is 0 Å². The van der Waals surface area contributed by atoms with Crippen molar-refractivity contribution in [2.75, 3.05) is 0 Å². The molecule has 0 amide bonds. The number of nitro benzene ring substituents is 1. The highest BCUT2D eigenvalue weighted by molar-refractivity contribution is 6.30. The second-order valence-electron chi connectivity index (χ2n) is 4.24. The van der Waals surface area contributed by atoms with Gasteiger partial charge in [-0.3, -0.25) is 10.1 Å². The number of nitro groups is 1. The van der Waals surface area contributed by atoms with Crippen LogP contribution in [-0.4, -0.2) is 10.0 Å². The van der Waals surface area contributed by atoms with Gasteiger partial charge in [-0.1, -0.05) is 17.7 Å². The molecular weight excluding hydrogens is 301 g/mol. The number of hydrogen-bond donors (Lipinski definition) is 1. The third-order valence-electron chi connectivity index (χ3n) is 2.80. The van der Waals surface area contributed by atoms with E-state index >= 15 is 0 Å². The largest absolute Gasteiger partial charge is 0.486 e. The summed E-state index contributed by atoms with van der Waals surface area (Å²) in [7, 11) is 0. The van der Waals surface area contributed by atoms with Gasteiger partial charge in [-0.15, -0.1) is 0 Å². The van der Waals surface area contributed by atoms with Crippen LogP contribution in [0, 0.1) is 15.9 Å². The maximum absolute atomic E-state index is 13.7. The number of halogens is 2. The summed E-state index contributed by atoms with van der Waals surface area (Å²) in [6.45, 7) is -0.469. The molecule has 0 spiro atoms. The van der Waals surface area contributed by atoms with E-state index in [0.29, 0.717) is 10.6 Å². The fourth-order valence-corrected chi connectivity index (χ4v) is 1.96. The lowest BCUT2D eigenvalue weighted by Gasteiger charge is -2.09. The molecule has 2 aromatic carbocycles. The van der Waals surface area contributed by atoms with E-state index < -0.39 is 10.7 Å². The summed E-state index contributed by atoms with van der Waals surface area (Å²) < 4.78 is 18.9. The first-order chi connectivity index (χ1) is 10.0. The van der Waals surface area contributed by atoms with Gasteiger partial charge in [0, 0.05) is 11.1 Å². The van der Waals surface area contributed by atoms with Crippen molar-refractivity contribution in [3.8, 4) is 5.75 Å². The molecule has 0 saturated heterocycles. The summed E-state index contributed by atoms with van der Waals surface area (Å²) in [6, 6.07) is 8.08. The first kappa shape index (κ1) is 15.2. The molecule has 0 aromatic heterocycles. The standard InChI is InChI=1S/C14H11ClFNO4/c15-11-2-3-13(17(19)20)10(6-11)8-21-14-4-1-9(7-18)5-12(14)16/h1-6,18H,7-8H2. The van der Waals surface area contributed by atoms with Gasteiger partial charge in [0.05, 0.1) is 17.1 Å². The van der Waals surface area contributed by atoms with Gasteiger partial charge >= 0.3 is 0 Å². The highest BCUT2D eigenvalue weighted by atomic mass is 35.5. The van der Waals surface area contributed by atoms with Crippen molar-refractivity contribution >= 4 is 17.3 Å². The average Bonchev–Trinajstić information content (AvgIpc) is 2.45. The third kappa shape index (κ3) is 3.68. The normalized spacial score (nSPS) is 10.4. The van der Waals surface area contributed by atoms with Crippen LogP contribution in [0.5, 0.6) is 5.75 Å². The molecule has 0 aliphatic carbocycles. The molecule has 0 radical (unpaired) electrons. The molecule has 0 aliphatic heterocycles. The molecular formula is C14H11ClFNO4. The monoisotopic (exact) mass is 311 g/mol. The molecule has 110 valence electrons. The summed E-state index contributed by atoms with van der Waals surface area (Å²) in [5.74, 6) is -0.701. The van der Waals surface area contributed by atoms with Crippen LogP contribution in [0.2, 0.25) is 5.02 Å². The predicted octanol–water partition coefficient (Wildman–Crippen LogP) is 3.46. The summed E-state index contributed by atoms with van der Waals surface area (Å²) in [4.78, 5) is 10.3. The lowest BCUT2D eigenvalue weighted by molar-refractivity contribution is -0.385. The van der Waals surface area contributed by atoms with Crippen LogP contribution in [0.4, 0.5) is 10.1 Å². The molecule has 0 saturated carbocycles. The molecule has 1 N–H and O–H groups in total. The van der Waals surface area contributed by atoms with Crippen LogP contribution in [-0.2, 0) is 13.2 Å². The van der Waals surface area contributed by atoms with E-state index in [2.05, 4.69) is 0 Å². The Balaban J connectivity index is 2.20. The van der Waals surface area contributed by atoms with Crippen LogP contribution in [0.15, 0.2) is 36.4 Å². The van der Waals surface area contributed by atoms with E-state index in [4.69, 9.17) is 21.4 Å². The molecule has 7 heteroatoms. The van der Waals surface area contributed by atoms with Gasteiger partial charge in [-0.05, 0) is 29.8 Å². The number of benzene rings is 2. The quantitative estimate of drug-likeness (QED) is 0.678. The van der Waals surface area contributed by atoms with Crippen molar-refractivity contribution in [1.82, 2.24) is 0 Å². The van der Waals surface area contributed by atoms with E-state index in [1.807, 2.05) is 0 Å². The van der Waals surface area contributed by atoms with Crippen molar-refractivity contribution in [2.24, 2.45) is 0 Å². The van der Waals surface area contributed by atoms with Crippen molar-refractivity contribution in [3.63, 3.8) is 0 Å². The second-order valence-corrected chi connectivity index (χ2v) is 4.68. The topological polar surface area (TPSA) is 72.6 Å². The highest BCUT2D eigenvalue weighted by Crippen LogP contribution is 2.25. The minimum atomic E-state index is -0.647. The summed E-state index contributed by atoms with van der Waals surface area (Å²) >= 11 is 5.79. The number of aliphatic hydroxyl groups is 1. The smallest absolute Gasteiger partial charge is 0.276 e. The number of nitrogens with zero attached hydrogens (tertiary/aromatic N) is 1. The van der Waals surface area contributed by atoms with Crippen molar-refractivity contribution < 1.29 is 19.2 Å². The highest BCUT2D eigenvalue weighted by Gasteiger charge is 2.15. The zero-order valence-electron chi connectivity index (χ0n) is 10.8. The van der Waals surface area contributed by atoms with Gasteiger partial charge < -0.3 is 9.84 Å². The van der Waals surface area contributed by atoms with E-state index in [1.165, 1.54) is 30.3 Å². The van der Waals surface area contributed by atoms with Gasteiger partial charge in [0.25, 0.3) is 5.69 Å². The Kier molecular flexibility index (Phi) is 4.72. The predicted molar refractivity (Wildman–Crippen MR) is 74.8 cm³/mol. The Morgan fingerprint density at radius 1 is 1.29 bits per heavy atom. The lowest BCUT2D eigenvalue weighted by Crippen LogP contribution is -2.02. The Bertz CT molecular complexity index is 678. The minimum absolute atomic E-state index is 0.0542. The Morgan fingerprint density at radius 2 is 2.05 bits per heavy atom. The summed E-state index contributed by atoms with van der Waals surface area (Å²) in [5.41, 5.74) is 0.513. The number of rotatable bonds is 5. The van der Waals surface area contributed by atoms with Gasteiger partial charge in [0.15, 0.2) is 11.6 Å². The fraction of sp³-hybridized carbons (Fsp3) is 0.143. The summed E-state index contributed by atoms with van der Waals surface area (Å²) in [5, 5.41) is 20.1. The minimum Gasteiger partial charge on any atom is -0.486 e. The SMILES string of the molecule is O=[N+]([O-])c1ccc(Cl)cc1COc1ccc(CO)cc1F. The van der Waals surface area contributed by atoms with E-state index in [1.54, 1.807) is 0 Å². The van der Waals surface area contributed by atoms with Gasteiger partial charge in [-0.2, -0.15) is 0 Å². The number of hydrogen-bond acceptors (Lipinski definition) is 4. The third-order valence-corrected chi connectivity index (χ3v) is 3.04. The molecule has 2 rings (SSSR count). The maximum atomic E-state index is 13.7. The van der Waals surface area contributed by atoms with Gasteiger partial charge in [0.2, 0.25) is 0 Å². The molecule has 0 atom stereocenters. The van der Waals surface area contributed by atoms with Crippen molar-refractivity contribution in [1.29, 1.82) is 0 Å². The fourth-order valence-electron chi connectivity index (χ4n) is 1.76. The van der Waals surface area contributed by atoms with Gasteiger partial charge in [0.1, 0.15) is 6.61 Å². The van der Waals surface area contributed by atoms with E-state index in [0.717, 1.165) is 6.07 Å². The van der Waals surface area contributed by atoms with Gasteiger partial charge in [-0.25, -0.2) is 4.39 Å². The molecule has 0 fully saturated rings. The van der Waals surface area contributed by atoms with Crippen LogP contribution in [0.1, 0.15) is 11.1 Å². The van der Waals surface area contributed by atoms with Crippen LogP contribution < -0.4 is 4.74 Å². The first-order valence-electron chi connectivity index (χ1n) is 5.96. The molecule has 0 heterocycles. The molecule has 2 aromatic rings. The molecule has 5 nitrogen and oxygen atoms in total. The number of aliphatic hydroxyl groups excluding tert-OH is 1. The molecule has 0 aliphatic rings. The van der Waals surface area contributed by atoms with Crippen LogP contribution >= 0.6 is 11.6 Å².